The molecule has 0 fully saturated rings. The lowest BCUT2D eigenvalue weighted by molar-refractivity contribution is 1.57. The van der Waals surface area contributed by atoms with E-state index in [1.165, 1.54) is 49.1 Å². The van der Waals surface area contributed by atoms with E-state index in [9.17, 15) is 0 Å². The summed E-state index contributed by atoms with van der Waals surface area (Å²) in [4.78, 5) is 0. The summed E-state index contributed by atoms with van der Waals surface area (Å²) in [7, 11) is 2.00. The third-order valence-corrected chi connectivity index (χ3v) is 5.22. The van der Waals surface area contributed by atoms with E-state index < -0.39 is 0 Å². The average Bonchev–Trinajstić information content (AvgIpc) is 2.71. The van der Waals surface area contributed by atoms with Crippen molar-refractivity contribution in [1.29, 1.82) is 0 Å². The van der Waals surface area contributed by atoms with E-state index >= 15 is 0 Å². The summed E-state index contributed by atoms with van der Waals surface area (Å²) in [5.74, 6) is 0. The van der Waals surface area contributed by atoms with Crippen molar-refractivity contribution in [3.8, 4) is 11.1 Å². The Hall–Kier alpha value is -3.32. The van der Waals surface area contributed by atoms with E-state index in [1.54, 1.807) is 0 Å². The van der Waals surface area contributed by atoms with Gasteiger partial charge >= 0.3 is 0 Å². The zero-order valence-corrected chi connectivity index (χ0v) is 14.7. The second-order valence-corrected chi connectivity index (χ2v) is 6.65. The lowest BCUT2D eigenvalue weighted by Crippen LogP contribution is -1.94. The topological polar surface area (TPSA) is 12.0 Å². The standard InChI is InChI=1S/C25H19N/c1-26-25-22-12-6-4-10-20(22)24(21-11-5-7-13-23(21)25)19-15-14-17-8-2-3-9-18(17)16-19/h2-16,26H,1H3. The minimum Gasteiger partial charge on any atom is -0.387 e. The van der Waals surface area contributed by atoms with Crippen LogP contribution in [0.15, 0.2) is 91.0 Å². The molecular weight excluding hydrogens is 314 g/mol. The molecule has 26 heavy (non-hydrogen) atoms. The zero-order chi connectivity index (χ0) is 17.5. The van der Waals surface area contributed by atoms with Crippen LogP contribution in [0.5, 0.6) is 0 Å². The van der Waals surface area contributed by atoms with Crippen molar-refractivity contribution in [1.82, 2.24) is 0 Å². The highest BCUT2D eigenvalue weighted by Gasteiger charge is 2.14. The Kier molecular flexibility index (Phi) is 3.39. The van der Waals surface area contributed by atoms with Gasteiger partial charge in [-0.25, -0.2) is 0 Å². The van der Waals surface area contributed by atoms with Crippen LogP contribution >= 0.6 is 0 Å². The summed E-state index contributed by atoms with van der Waals surface area (Å²) in [6.07, 6.45) is 0. The molecule has 0 aliphatic carbocycles. The van der Waals surface area contributed by atoms with Crippen LogP contribution in [0.2, 0.25) is 0 Å². The Labute approximate surface area is 152 Å². The molecule has 0 atom stereocenters. The molecule has 0 amide bonds. The number of benzene rings is 5. The first-order valence-corrected chi connectivity index (χ1v) is 8.97. The van der Waals surface area contributed by atoms with Gasteiger partial charge in [0, 0.05) is 23.5 Å². The Morgan fingerprint density at radius 1 is 0.538 bits per heavy atom. The molecule has 1 N–H and O–H groups in total. The van der Waals surface area contributed by atoms with Crippen molar-refractivity contribution in [3.63, 3.8) is 0 Å². The van der Waals surface area contributed by atoms with Gasteiger partial charge in [-0.15, -0.1) is 0 Å². The third kappa shape index (κ3) is 2.18. The van der Waals surface area contributed by atoms with Gasteiger partial charge in [0.05, 0.1) is 0 Å². The van der Waals surface area contributed by atoms with E-state index in [0.29, 0.717) is 0 Å². The van der Waals surface area contributed by atoms with E-state index in [2.05, 4.69) is 96.3 Å². The Morgan fingerprint density at radius 2 is 1.08 bits per heavy atom. The summed E-state index contributed by atoms with van der Waals surface area (Å²) in [6, 6.07) is 32.7. The van der Waals surface area contributed by atoms with Gasteiger partial charge in [0.1, 0.15) is 0 Å². The Morgan fingerprint density at radius 3 is 1.69 bits per heavy atom. The first-order chi connectivity index (χ1) is 12.9. The number of fused-ring (bicyclic) bond motifs is 3. The molecular formula is C25H19N. The first kappa shape index (κ1) is 15.0. The van der Waals surface area contributed by atoms with Crippen molar-refractivity contribution in [2.24, 2.45) is 0 Å². The largest absolute Gasteiger partial charge is 0.387 e. The van der Waals surface area contributed by atoms with Gasteiger partial charge in [0.25, 0.3) is 0 Å². The van der Waals surface area contributed by atoms with Crippen molar-refractivity contribution in [3.05, 3.63) is 91.0 Å². The normalized spacial score (nSPS) is 11.3. The fourth-order valence-corrected chi connectivity index (χ4v) is 4.05. The lowest BCUT2D eigenvalue weighted by Gasteiger charge is -2.17. The highest BCUT2D eigenvalue weighted by molar-refractivity contribution is 6.20. The molecule has 0 aliphatic heterocycles. The summed E-state index contributed by atoms with van der Waals surface area (Å²) in [6.45, 7) is 0. The van der Waals surface area contributed by atoms with E-state index in [1.807, 2.05) is 7.05 Å². The zero-order valence-electron chi connectivity index (χ0n) is 14.7. The number of nitrogens with one attached hydrogen (secondary N) is 1. The Balaban J connectivity index is 1.96. The summed E-state index contributed by atoms with van der Waals surface area (Å²) in [5, 5.41) is 11.1. The van der Waals surface area contributed by atoms with Crippen LogP contribution in [-0.2, 0) is 0 Å². The maximum absolute atomic E-state index is 3.42. The fraction of sp³-hybridized carbons (Fsp3) is 0.0400. The summed E-state index contributed by atoms with van der Waals surface area (Å²) in [5.41, 5.74) is 3.76. The highest BCUT2D eigenvalue weighted by atomic mass is 14.8. The minimum atomic E-state index is 1.20. The number of hydrogen-bond donors (Lipinski definition) is 1. The number of rotatable bonds is 2. The van der Waals surface area contributed by atoms with Crippen molar-refractivity contribution >= 4 is 38.0 Å². The first-order valence-electron chi connectivity index (χ1n) is 8.97. The van der Waals surface area contributed by atoms with Crippen LogP contribution in [0.1, 0.15) is 0 Å². The predicted octanol–water partition coefficient (Wildman–Crippen LogP) is 6.85. The molecule has 0 spiro atoms. The second-order valence-electron chi connectivity index (χ2n) is 6.65. The molecule has 0 saturated heterocycles. The van der Waals surface area contributed by atoms with Crippen LogP contribution in [0, 0.1) is 0 Å². The maximum atomic E-state index is 3.42. The van der Waals surface area contributed by atoms with Crippen molar-refractivity contribution in [2.75, 3.05) is 12.4 Å². The molecule has 5 rings (SSSR count). The average molecular weight is 333 g/mol. The van der Waals surface area contributed by atoms with E-state index in [-0.39, 0.29) is 0 Å². The van der Waals surface area contributed by atoms with Crippen LogP contribution in [0.4, 0.5) is 5.69 Å². The third-order valence-electron chi connectivity index (χ3n) is 5.22. The van der Waals surface area contributed by atoms with Crippen molar-refractivity contribution < 1.29 is 0 Å². The molecule has 5 aromatic rings. The monoisotopic (exact) mass is 333 g/mol. The molecule has 0 radical (unpaired) electrons. The molecule has 124 valence electrons. The van der Waals surface area contributed by atoms with Gasteiger partial charge in [-0.3, -0.25) is 0 Å². The van der Waals surface area contributed by atoms with Gasteiger partial charge < -0.3 is 5.32 Å². The molecule has 1 nitrogen and oxygen atoms in total. The molecule has 5 aromatic carbocycles. The van der Waals surface area contributed by atoms with Gasteiger partial charge in [0.2, 0.25) is 0 Å². The summed E-state index contributed by atoms with van der Waals surface area (Å²) >= 11 is 0. The number of hydrogen-bond acceptors (Lipinski definition) is 1. The molecule has 0 bridgehead atoms. The predicted molar refractivity (Wildman–Crippen MR) is 114 cm³/mol. The van der Waals surface area contributed by atoms with Gasteiger partial charge in [0.15, 0.2) is 0 Å². The molecule has 0 saturated carbocycles. The van der Waals surface area contributed by atoms with Crippen LogP contribution < -0.4 is 5.32 Å². The Bertz CT molecular complexity index is 1210. The van der Waals surface area contributed by atoms with Crippen LogP contribution in [0.3, 0.4) is 0 Å². The van der Waals surface area contributed by atoms with E-state index in [0.717, 1.165) is 0 Å². The lowest BCUT2D eigenvalue weighted by atomic mass is 9.90. The molecule has 0 heterocycles. The van der Waals surface area contributed by atoms with Crippen molar-refractivity contribution in [2.45, 2.75) is 0 Å². The second kappa shape index (κ2) is 5.89. The molecule has 0 aromatic heterocycles. The minimum absolute atomic E-state index is 1.20. The SMILES string of the molecule is CNc1c2ccccc2c(-c2ccc3ccccc3c2)c2ccccc12. The highest BCUT2D eigenvalue weighted by Crippen LogP contribution is 2.42. The quantitative estimate of drug-likeness (QED) is 0.348. The van der Waals surface area contributed by atoms with Crippen LogP contribution in [0.25, 0.3) is 43.4 Å². The molecule has 1 heteroatoms. The van der Waals surface area contributed by atoms with Gasteiger partial charge in [-0.1, -0.05) is 84.9 Å². The van der Waals surface area contributed by atoms with Gasteiger partial charge in [-0.05, 0) is 38.7 Å². The molecule has 0 unspecified atom stereocenters. The maximum Gasteiger partial charge on any atom is 0.0497 e. The fourth-order valence-electron chi connectivity index (χ4n) is 4.05. The molecule has 0 aliphatic rings. The smallest absolute Gasteiger partial charge is 0.0497 e. The van der Waals surface area contributed by atoms with Crippen LogP contribution in [-0.4, -0.2) is 7.05 Å². The van der Waals surface area contributed by atoms with E-state index in [4.69, 9.17) is 0 Å². The number of anilines is 1. The summed E-state index contributed by atoms with van der Waals surface area (Å²) < 4.78 is 0. The van der Waals surface area contributed by atoms with Gasteiger partial charge in [-0.2, -0.15) is 0 Å².